The molecule has 3 N–H and O–H groups in total. The highest BCUT2D eigenvalue weighted by Crippen LogP contribution is 2.51. The molecule has 0 radical (unpaired) electrons. The second kappa shape index (κ2) is 4.74. The van der Waals surface area contributed by atoms with Crippen LogP contribution in [0.2, 0.25) is 0 Å². The van der Waals surface area contributed by atoms with E-state index in [0.717, 1.165) is 24.5 Å². The van der Waals surface area contributed by atoms with E-state index in [2.05, 4.69) is 0 Å². The average Bonchev–Trinajstić information content (AvgIpc) is 2.74. The van der Waals surface area contributed by atoms with Crippen molar-refractivity contribution in [1.82, 2.24) is 0 Å². The van der Waals surface area contributed by atoms with Gasteiger partial charge in [0.2, 0.25) is 0 Å². The van der Waals surface area contributed by atoms with Crippen LogP contribution in [-0.4, -0.2) is 30.1 Å². The first-order valence-corrected chi connectivity index (χ1v) is 6.88. The molecule has 1 aliphatic carbocycles. The van der Waals surface area contributed by atoms with E-state index >= 15 is 0 Å². The molecule has 1 saturated heterocycles. The summed E-state index contributed by atoms with van der Waals surface area (Å²) in [6, 6.07) is 0. The van der Waals surface area contributed by atoms with Crippen LogP contribution in [0.3, 0.4) is 0 Å². The van der Waals surface area contributed by atoms with Crippen molar-refractivity contribution in [2.75, 3.05) is 18.1 Å². The zero-order chi connectivity index (χ0) is 10.7. The van der Waals surface area contributed by atoms with E-state index in [-0.39, 0.29) is 0 Å². The number of nitrogens with two attached hydrogens (primary N) is 1. The Bertz CT molecular complexity index is 235. The summed E-state index contributed by atoms with van der Waals surface area (Å²) in [5.41, 5.74) is 5.85. The first-order chi connectivity index (χ1) is 7.20. The van der Waals surface area contributed by atoms with Gasteiger partial charge in [-0.2, -0.15) is 11.8 Å². The fraction of sp³-hybridized carbons (Fsp3) is 0.909. The summed E-state index contributed by atoms with van der Waals surface area (Å²) in [6.45, 7) is 0.948. The van der Waals surface area contributed by atoms with Crippen molar-refractivity contribution >= 4 is 17.6 Å². The Labute approximate surface area is 95.6 Å². The zero-order valence-corrected chi connectivity index (χ0v) is 9.94. The lowest BCUT2D eigenvalue weighted by molar-refractivity contribution is 0.129. The van der Waals surface area contributed by atoms with E-state index in [1.165, 1.54) is 25.7 Å². The Morgan fingerprint density at radius 2 is 2.33 bits per heavy atom. The molecule has 4 heteroatoms. The second-order valence-corrected chi connectivity index (χ2v) is 5.88. The maximum absolute atomic E-state index is 7.34. The molecular formula is C11H20N2OS. The third-order valence-electron chi connectivity index (χ3n) is 3.26. The number of rotatable bonds is 6. The molecular weight excluding hydrogens is 208 g/mol. The summed E-state index contributed by atoms with van der Waals surface area (Å²) in [6.07, 6.45) is 6.25. The van der Waals surface area contributed by atoms with Gasteiger partial charge in [-0.15, -0.1) is 0 Å². The summed E-state index contributed by atoms with van der Waals surface area (Å²) in [4.78, 5) is 0. The van der Waals surface area contributed by atoms with Crippen molar-refractivity contribution in [3.8, 4) is 0 Å². The van der Waals surface area contributed by atoms with Crippen molar-refractivity contribution < 1.29 is 4.74 Å². The van der Waals surface area contributed by atoms with Crippen LogP contribution < -0.4 is 5.73 Å². The lowest BCUT2D eigenvalue weighted by atomic mass is 10.1. The summed E-state index contributed by atoms with van der Waals surface area (Å²) >= 11 is 1.98. The van der Waals surface area contributed by atoms with Crippen LogP contribution in [-0.2, 0) is 4.74 Å². The SMILES string of the molecule is N=C(N)CC1(CSCC2CCCO2)CC1. The molecule has 15 heavy (non-hydrogen) atoms. The quantitative estimate of drug-likeness (QED) is 0.540. The summed E-state index contributed by atoms with van der Waals surface area (Å²) in [7, 11) is 0. The molecule has 1 atom stereocenters. The standard InChI is InChI=1S/C11H20N2OS/c12-10(13)6-11(3-4-11)8-15-7-9-2-1-5-14-9/h9H,1-8H2,(H3,12,13). The van der Waals surface area contributed by atoms with Crippen LogP contribution in [0, 0.1) is 10.8 Å². The molecule has 3 nitrogen and oxygen atoms in total. The van der Waals surface area contributed by atoms with Crippen molar-refractivity contribution in [2.45, 2.75) is 38.2 Å². The van der Waals surface area contributed by atoms with Gasteiger partial charge in [0, 0.05) is 18.8 Å². The molecule has 1 heterocycles. The molecule has 0 aromatic carbocycles. The van der Waals surface area contributed by atoms with Gasteiger partial charge >= 0.3 is 0 Å². The van der Waals surface area contributed by atoms with E-state index in [0.29, 0.717) is 17.4 Å². The Hall–Kier alpha value is -0.220. The third kappa shape index (κ3) is 3.38. The Kier molecular flexibility index (Phi) is 3.57. The highest BCUT2D eigenvalue weighted by Gasteiger charge is 2.42. The minimum Gasteiger partial charge on any atom is -0.388 e. The van der Waals surface area contributed by atoms with Crippen LogP contribution in [0.1, 0.15) is 32.1 Å². The number of thioether (sulfide) groups is 1. The molecule has 0 aromatic rings. The fourth-order valence-corrected chi connectivity index (χ4v) is 3.60. The van der Waals surface area contributed by atoms with E-state index < -0.39 is 0 Å². The van der Waals surface area contributed by atoms with Gasteiger partial charge in [-0.1, -0.05) is 0 Å². The van der Waals surface area contributed by atoms with Gasteiger partial charge in [-0.05, 0) is 36.9 Å². The van der Waals surface area contributed by atoms with Crippen molar-refractivity contribution in [1.29, 1.82) is 5.41 Å². The van der Waals surface area contributed by atoms with Crippen LogP contribution in [0.4, 0.5) is 0 Å². The van der Waals surface area contributed by atoms with Gasteiger partial charge in [0.25, 0.3) is 0 Å². The minimum absolute atomic E-state index is 0.352. The summed E-state index contributed by atoms with van der Waals surface area (Å²) in [5.74, 6) is 2.64. The first kappa shape index (κ1) is 11.3. The second-order valence-electron chi connectivity index (χ2n) is 4.85. The molecule has 0 spiro atoms. The van der Waals surface area contributed by atoms with Gasteiger partial charge in [0.15, 0.2) is 0 Å². The number of ether oxygens (including phenoxy) is 1. The normalized spacial score (nSPS) is 27.9. The average molecular weight is 228 g/mol. The van der Waals surface area contributed by atoms with Crippen LogP contribution in [0.25, 0.3) is 0 Å². The molecule has 86 valence electrons. The minimum atomic E-state index is 0.352. The van der Waals surface area contributed by atoms with Gasteiger partial charge in [-0.25, -0.2) is 0 Å². The lowest BCUT2D eigenvalue weighted by Crippen LogP contribution is -2.19. The number of hydrogen-bond donors (Lipinski definition) is 2. The molecule has 0 amide bonds. The van der Waals surface area contributed by atoms with Crippen molar-refractivity contribution in [3.05, 3.63) is 0 Å². The maximum Gasteiger partial charge on any atom is 0.0911 e. The zero-order valence-electron chi connectivity index (χ0n) is 9.13. The van der Waals surface area contributed by atoms with Gasteiger partial charge < -0.3 is 10.5 Å². The Morgan fingerprint density at radius 1 is 1.53 bits per heavy atom. The highest BCUT2D eigenvalue weighted by molar-refractivity contribution is 7.99. The molecule has 0 aromatic heterocycles. The van der Waals surface area contributed by atoms with E-state index in [4.69, 9.17) is 15.9 Å². The van der Waals surface area contributed by atoms with Crippen molar-refractivity contribution in [3.63, 3.8) is 0 Å². The van der Waals surface area contributed by atoms with Crippen molar-refractivity contribution in [2.24, 2.45) is 11.1 Å². The summed E-state index contributed by atoms with van der Waals surface area (Å²) < 4.78 is 5.58. The lowest BCUT2D eigenvalue weighted by Gasteiger charge is -2.15. The summed E-state index contributed by atoms with van der Waals surface area (Å²) in [5, 5.41) is 7.34. The Morgan fingerprint density at radius 3 is 2.87 bits per heavy atom. The number of amidine groups is 1. The molecule has 1 aliphatic heterocycles. The van der Waals surface area contributed by atoms with Gasteiger partial charge in [0.05, 0.1) is 11.9 Å². The predicted molar refractivity (Wildman–Crippen MR) is 64.5 cm³/mol. The topological polar surface area (TPSA) is 59.1 Å². The van der Waals surface area contributed by atoms with Crippen LogP contribution in [0.5, 0.6) is 0 Å². The fourth-order valence-electron chi connectivity index (χ4n) is 2.14. The molecule has 0 bridgehead atoms. The number of hydrogen-bond acceptors (Lipinski definition) is 3. The maximum atomic E-state index is 7.34. The van der Waals surface area contributed by atoms with Gasteiger partial charge in [0.1, 0.15) is 0 Å². The van der Waals surface area contributed by atoms with E-state index in [9.17, 15) is 0 Å². The number of nitrogens with one attached hydrogen (secondary N) is 1. The third-order valence-corrected chi connectivity index (χ3v) is 4.68. The first-order valence-electron chi connectivity index (χ1n) is 5.72. The van der Waals surface area contributed by atoms with Crippen LogP contribution in [0.15, 0.2) is 0 Å². The van der Waals surface area contributed by atoms with Crippen LogP contribution >= 0.6 is 11.8 Å². The molecule has 2 aliphatic rings. The van der Waals surface area contributed by atoms with Gasteiger partial charge in [-0.3, -0.25) is 5.41 Å². The van der Waals surface area contributed by atoms with E-state index in [1.54, 1.807) is 0 Å². The smallest absolute Gasteiger partial charge is 0.0911 e. The highest BCUT2D eigenvalue weighted by atomic mass is 32.2. The monoisotopic (exact) mass is 228 g/mol. The molecule has 2 fully saturated rings. The molecule has 1 saturated carbocycles. The Balaban J connectivity index is 1.62. The predicted octanol–water partition coefficient (Wildman–Crippen LogP) is 2.00. The largest absolute Gasteiger partial charge is 0.388 e. The molecule has 2 rings (SSSR count). The van der Waals surface area contributed by atoms with E-state index in [1.807, 2.05) is 11.8 Å². The molecule has 1 unspecified atom stereocenters.